The van der Waals surface area contributed by atoms with Crippen LogP contribution in [-0.4, -0.2) is 42.6 Å². The first-order chi connectivity index (χ1) is 15.3. The van der Waals surface area contributed by atoms with Gasteiger partial charge in [0.1, 0.15) is 0 Å². The van der Waals surface area contributed by atoms with Crippen molar-refractivity contribution in [3.05, 3.63) is 57.8 Å². The zero-order chi connectivity index (χ0) is 23.3. The summed E-state index contributed by atoms with van der Waals surface area (Å²) in [6, 6.07) is 10.5. The second kappa shape index (κ2) is 9.79. The highest BCUT2D eigenvalue weighted by atomic mass is 32.2. The summed E-state index contributed by atoms with van der Waals surface area (Å²) in [5.41, 5.74) is 1.46. The van der Waals surface area contributed by atoms with Crippen molar-refractivity contribution in [3.63, 3.8) is 0 Å². The van der Waals surface area contributed by atoms with Crippen molar-refractivity contribution in [2.75, 3.05) is 12.9 Å². The Morgan fingerprint density at radius 1 is 1.25 bits per heavy atom. The van der Waals surface area contributed by atoms with E-state index in [-0.39, 0.29) is 28.5 Å². The maximum Gasteiger partial charge on any atom is 0.322 e. The van der Waals surface area contributed by atoms with E-state index < -0.39 is 21.2 Å². The Morgan fingerprint density at radius 2 is 2.00 bits per heavy atom. The highest BCUT2D eigenvalue weighted by Crippen LogP contribution is 2.40. The number of hydrogen-bond acceptors (Lipinski definition) is 7. The molecule has 32 heavy (non-hydrogen) atoms. The summed E-state index contributed by atoms with van der Waals surface area (Å²) in [6.07, 6.45) is 2.74. The van der Waals surface area contributed by atoms with Gasteiger partial charge in [-0.05, 0) is 43.7 Å². The number of fused-ring (bicyclic) bond motifs is 1. The molecule has 0 saturated heterocycles. The minimum Gasteiger partial charge on any atom is -0.488 e. The van der Waals surface area contributed by atoms with Crippen molar-refractivity contribution in [2.45, 2.75) is 26.5 Å². The van der Waals surface area contributed by atoms with Crippen molar-refractivity contribution in [3.8, 4) is 11.5 Å². The molecule has 1 aromatic heterocycles. The number of ether oxygens (including phenoxy) is 2. The molecule has 0 aliphatic carbocycles. The Morgan fingerprint density at radius 3 is 2.69 bits per heavy atom. The first-order valence-corrected chi connectivity index (χ1v) is 11.5. The molecule has 0 saturated carbocycles. The van der Waals surface area contributed by atoms with E-state index in [4.69, 9.17) is 9.47 Å². The molecule has 2 N–H and O–H groups in total. The highest BCUT2D eigenvalue weighted by molar-refractivity contribution is 7.89. The molecule has 3 rings (SSSR count). The van der Waals surface area contributed by atoms with E-state index in [2.05, 4.69) is 14.9 Å². The van der Waals surface area contributed by atoms with E-state index in [0.717, 1.165) is 10.9 Å². The Kier molecular flexibility index (Phi) is 7.11. The van der Waals surface area contributed by atoms with Crippen LogP contribution in [0.3, 0.4) is 0 Å². The molecule has 0 radical (unpaired) electrons. The first kappa shape index (κ1) is 23.2. The van der Waals surface area contributed by atoms with Gasteiger partial charge in [-0.1, -0.05) is 25.1 Å². The maximum absolute atomic E-state index is 12.0. The third-order valence-electron chi connectivity index (χ3n) is 4.56. The van der Waals surface area contributed by atoms with Crippen LogP contribution in [0.1, 0.15) is 31.5 Å². The molecule has 0 aliphatic heterocycles. The second-order valence-corrected chi connectivity index (χ2v) is 8.85. The molecule has 2 aromatic carbocycles. The van der Waals surface area contributed by atoms with E-state index in [0.29, 0.717) is 12.1 Å². The fourth-order valence-electron chi connectivity index (χ4n) is 3.26. The Balaban J connectivity index is 1.93. The van der Waals surface area contributed by atoms with Crippen LogP contribution in [0.2, 0.25) is 0 Å². The zero-order valence-electron chi connectivity index (χ0n) is 17.9. The standard InChI is InChI=1S/C21H24N4O6S/c1-4-13-32(28,29)24-14(2)31-19-12-10-15(20(25(26)27)21(19)30-3)9-11-18-16-7-5-6-8-17(16)22-23-18/h5-12,14,24H,4,13H2,1-3H3,(H,22,23)/b11-9+. The SMILES string of the molecule is CCCS(=O)(=O)NC(C)Oc1ccc(/C=C/c2n[nH]c3ccccc23)c([N+](=O)[O-])c1OC. The number of benzene rings is 2. The fraction of sp³-hybridized carbons (Fsp3) is 0.286. The lowest BCUT2D eigenvalue weighted by Crippen LogP contribution is -2.38. The number of sulfonamides is 1. The Bertz CT molecular complexity index is 1250. The number of nitrogens with zero attached hydrogens (tertiary/aromatic N) is 2. The van der Waals surface area contributed by atoms with Gasteiger partial charge in [0.2, 0.25) is 15.8 Å². The van der Waals surface area contributed by atoms with Gasteiger partial charge < -0.3 is 9.47 Å². The third-order valence-corrected chi connectivity index (χ3v) is 6.19. The van der Waals surface area contributed by atoms with Crippen LogP contribution in [-0.2, 0) is 10.0 Å². The lowest BCUT2D eigenvalue weighted by molar-refractivity contribution is -0.386. The van der Waals surface area contributed by atoms with Gasteiger partial charge in [-0.3, -0.25) is 15.2 Å². The molecule has 1 unspecified atom stereocenters. The minimum absolute atomic E-state index is 0.0493. The topological polar surface area (TPSA) is 136 Å². The summed E-state index contributed by atoms with van der Waals surface area (Å²) >= 11 is 0. The van der Waals surface area contributed by atoms with Crippen molar-refractivity contribution in [2.24, 2.45) is 0 Å². The first-order valence-electron chi connectivity index (χ1n) is 9.89. The number of para-hydroxylation sites is 1. The molecule has 3 aromatic rings. The van der Waals surface area contributed by atoms with E-state index >= 15 is 0 Å². The number of rotatable bonds is 10. The third kappa shape index (κ3) is 5.24. The smallest absolute Gasteiger partial charge is 0.322 e. The highest BCUT2D eigenvalue weighted by Gasteiger charge is 2.26. The van der Waals surface area contributed by atoms with Gasteiger partial charge >= 0.3 is 5.69 Å². The van der Waals surface area contributed by atoms with Gasteiger partial charge in [0.15, 0.2) is 12.0 Å². The molecular formula is C21H24N4O6S. The number of nitro benzene ring substituents is 1. The Hall–Kier alpha value is -3.44. The Labute approximate surface area is 185 Å². The number of methoxy groups -OCH3 is 1. The van der Waals surface area contributed by atoms with E-state index in [1.54, 1.807) is 19.1 Å². The molecule has 10 nitrogen and oxygen atoms in total. The van der Waals surface area contributed by atoms with Crippen LogP contribution in [0.5, 0.6) is 11.5 Å². The summed E-state index contributed by atoms with van der Waals surface area (Å²) in [7, 11) is -2.24. The summed E-state index contributed by atoms with van der Waals surface area (Å²) < 4.78 is 37.2. The van der Waals surface area contributed by atoms with E-state index in [9.17, 15) is 18.5 Å². The van der Waals surface area contributed by atoms with Crippen LogP contribution in [0, 0.1) is 10.1 Å². The van der Waals surface area contributed by atoms with Crippen molar-refractivity contribution >= 4 is 38.8 Å². The monoisotopic (exact) mass is 460 g/mol. The van der Waals surface area contributed by atoms with Gasteiger partial charge in [0.05, 0.1) is 34.6 Å². The number of aromatic nitrogens is 2. The lowest BCUT2D eigenvalue weighted by Gasteiger charge is -2.18. The predicted octanol–water partition coefficient (Wildman–Crippen LogP) is 3.70. The maximum atomic E-state index is 12.0. The largest absolute Gasteiger partial charge is 0.488 e. The zero-order valence-corrected chi connectivity index (χ0v) is 18.7. The van der Waals surface area contributed by atoms with E-state index in [1.165, 1.54) is 26.2 Å². The van der Waals surface area contributed by atoms with Gasteiger partial charge in [-0.15, -0.1) is 0 Å². The van der Waals surface area contributed by atoms with Crippen LogP contribution in [0.25, 0.3) is 23.1 Å². The average molecular weight is 461 g/mol. The molecule has 11 heteroatoms. The molecule has 1 atom stereocenters. The number of hydrogen-bond donors (Lipinski definition) is 2. The predicted molar refractivity (Wildman–Crippen MR) is 122 cm³/mol. The molecule has 0 aliphatic rings. The number of nitro groups is 1. The molecule has 170 valence electrons. The summed E-state index contributed by atoms with van der Waals surface area (Å²) in [4.78, 5) is 11.3. The van der Waals surface area contributed by atoms with Crippen molar-refractivity contribution in [1.82, 2.24) is 14.9 Å². The lowest BCUT2D eigenvalue weighted by atomic mass is 10.1. The van der Waals surface area contributed by atoms with Gasteiger partial charge in [0.25, 0.3) is 0 Å². The van der Waals surface area contributed by atoms with E-state index in [1.807, 2.05) is 24.3 Å². The van der Waals surface area contributed by atoms with Gasteiger partial charge in [-0.2, -0.15) is 9.82 Å². The summed E-state index contributed by atoms with van der Waals surface area (Å²) in [5.74, 6) is -0.109. The van der Waals surface area contributed by atoms with Crippen molar-refractivity contribution in [1.29, 1.82) is 0 Å². The number of H-pyrrole nitrogens is 1. The van der Waals surface area contributed by atoms with Crippen LogP contribution >= 0.6 is 0 Å². The normalized spacial score (nSPS) is 12.8. The van der Waals surface area contributed by atoms with Crippen molar-refractivity contribution < 1.29 is 22.8 Å². The molecule has 0 amide bonds. The quantitative estimate of drug-likeness (QED) is 0.267. The van der Waals surface area contributed by atoms with Gasteiger partial charge in [-0.25, -0.2) is 8.42 Å². The van der Waals surface area contributed by atoms with Crippen LogP contribution < -0.4 is 14.2 Å². The average Bonchev–Trinajstić information content (AvgIpc) is 3.14. The molecule has 1 heterocycles. The van der Waals surface area contributed by atoms with Crippen LogP contribution in [0.15, 0.2) is 36.4 Å². The molecule has 0 spiro atoms. The molecular weight excluding hydrogens is 436 g/mol. The summed E-state index contributed by atoms with van der Waals surface area (Å²) in [5, 5.41) is 19.8. The minimum atomic E-state index is -3.53. The molecule has 0 bridgehead atoms. The second-order valence-electron chi connectivity index (χ2n) is 6.98. The number of aromatic amines is 1. The fourth-order valence-corrected chi connectivity index (χ4v) is 4.47. The van der Waals surface area contributed by atoms with Gasteiger partial charge in [0, 0.05) is 5.39 Å². The van der Waals surface area contributed by atoms with Crippen LogP contribution in [0.4, 0.5) is 5.69 Å². The summed E-state index contributed by atoms with van der Waals surface area (Å²) in [6.45, 7) is 3.24. The molecule has 0 fully saturated rings. The number of nitrogens with one attached hydrogen (secondary N) is 2.